The van der Waals surface area contributed by atoms with E-state index in [1.54, 1.807) is 23.1 Å². The van der Waals surface area contributed by atoms with Crippen molar-refractivity contribution in [2.45, 2.75) is 6.92 Å². The molecule has 0 saturated heterocycles. The third-order valence-corrected chi connectivity index (χ3v) is 1.92. The molecule has 0 aliphatic carbocycles. The Morgan fingerprint density at radius 3 is 2.87 bits per heavy atom. The fourth-order valence-corrected chi connectivity index (χ4v) is 1.19. The van der Waals surface area contributed by atoms with Gasteiger partial charge in [-0.2, -0.15) is 5.10 Å². The van der Waals surface area contributed by atoms with Crippen LogP contribution in [0, 0.1) is 6.92 Å². The lowest BCUT2D eigenvalue weighted by atomic mass is 10.3. The number of rotatable bonds is 2. The van der Waals surface area contributed by atoms with Gasteiger partial charge in [0.15, 0.2) is 5.75 Å². The van der Waals surface area contributed by atoms with Crippen molar-refractivity contribution >= 4 is 5.69 Å². The van der Waals surface area contributed by atoms with Gasteiger partial charge in [-0.1, -0.05) is 0 Å². The number of ether oxygens (including phenoxy) is 1. The molecule has 5 nitrogen and oxygen atoms in total. The van der Waals surface area contributed by atoms with Gasteiger partial charge in [-0.3, -0.25) is 4.68 Å². The van der Waals surface area contributed by atoms with Crippen molar-refractivity contribution < 1.29 is 4.74 Å². The summed E-state index contributed by atoms with van der Waals surface area (Å²) >= 11 is 0. The van der Waals surface area contributed by atoms with Crippen LogP contribution in [0.2, 0.25) is 0 Å². The standard InChI is InChI=1S/C10H12N4O/c1-7-3-4-9(11)10(13-7)15-8-5-12-14(2)6-8/h3-6H,11H2,1-2H3. The van der Waals surface area contributed by atoms with Crippen LogP contribution in [0.15, 0.2) is 24.5 Å². The number of hydrogen-bond donors (Lipinski definition) is 1. The second-order valence-corrected chi connectivity index (χ2v) is 3.30. The Balaban J connectivity index is 2.27. The van der Waals surface area contributed by atoms with Crippen molar-refractivity contribution in [3.8, 4) is 11.6 Å². The first kappa shape index (κ1) is 9.51. The smallest absolute Gasteiger partial charge is 0.243 e. The van der Waals surface area contributed by atoms with Gasteiger partial charge in [-0.25, -0.2) is 4.98 Å². The number of aryl methyl sites for hydroxylation is 2. The summed E-state index contributed by atoms with van der Waals surface area (Å²) in [7, 11) is 1.82. The predicted molar refractivity (Wildman–Crippen MR) is 56.7 cm³/mol. The predicted octanol–water partition coefficient (Wildman–Crippen LogP) is 1.50. The maximum Gasteiger partial charge on any atom is 0.243 e. The number of aromatic nitrogens is 3. The average molecular weight is 204 g/mol. The van der Waals surface area contributed by atoms with Crippen molar-refractivity contribution in [3.05, 3.63) is 30.2 Å². The molecule has 2 aromatic rings. The van der Waals surface area contributed by atoms with Gasteiger partial charge >= 0.3 is 0 Å². The zero-order chi connectivity index (χ0) is 10.8. The van der Waals surface area contributed by atoms with Gasteiger partial charge < -0.3 is 10.5 Å². The summed E-state index contributed by atoms with van der Waals surface area (Å²) in [5, 5.41) is 3.99. The van der Waals surface area contributed by atoms with Gasteiger partial charge in [0.25, 0.3) is 0 Å². The fourth-order valence-electron chi connectivity index (χ4n) is 1.19. The van der Waals surface area contributed by atoms with Crippen LogP contribution in [-0.2, 0) is 7.05 Å². The Hall–Kier alpha value is -2.04. The molecule has 0 amide bonds. The number of nitrogens with two attached hydrogens (primary N) is 1. The Bertz CT molecular complexity index is 478. The van der Waals surface area contributed by atoms with Gasteiger partial charge in [0.05, 0.1) is 18.1 Å². The molecular weight excluding hydrogens is 192 g/mol. The maximum atomic E-state index is 5.73. The van der Waals surface area contributed by atoms with E-state index in [2.05, 4.69) is 10.1 Å². The molecule has 0 saturated carbocycles. The molecule has 2 heterocycles. The Kier molecular flexibility index (Phi) is 2.29. The SMILES string of the molecule is Cc1ccc(N)c(Oc2cnn(C)c2)n1. The Morgan fingerprint density at radius 2 is 2.20 bits per heavy atom. The molecule has 0 aliphatic heterocycles. The minimum Gasteiger partial charge on any atom is -0.434 e. The van der Waals surface area contributed by atoms with Crippen molar-refractivity contribution in [1.82, 2.24) is 14.8 Å². The van der Waals surface area contributed by atoms with E-state index in [9.17, 15) is 0 Å². The van der Waals surface area contributed by atoms with Gasteiger partial charge in [0.2, 0.25) is 5.88 Å². The van der Waals surface area contributed by atoms with Crippen LogP contribution >= 0.6 is 0 Å². The van der Waals surface area contributed by atoms with E-state index >= 15 is 0 Å². The van der Waals surface area contributed by atoms with E-state index in [0.29, 0.717) is 17.3 Å². The topological polar surface area (TPSA) is 66.0 Å². The van der Waals surface area contributed by atoms with Gasteiger partial charge in [0, 0.05) is 12.7 Å². The summed E-state index contributed by atoms with van der Waals surface area (Å²) in [4.78, 5) is 4.19. The molecule has 0 aliphatic rings. The summed E-state index contributed by atoms with van der Waals surface area (Å²) in [5.41, 5.74) is 7.11. The zero-order valence-electron chi connectivity index (χ0n) is 8.64. The minimum absolute atomic E-state index is 0.419. The first-order valence-corrected chi connectivity index (χ1v) is 4.55. The van der Waals surface area contributed by atoms with Crippen LogP contribution in [0.4, 0.5) is 5.69 Å². The van der Waals surface area contributed by atoms with Crippen molar-refractivity contribution in [2.75, 3.05) is 5.73 Å². The van der Waals surface area contributed by atoms with E-state index in [-0.39, 0.29) is 0 Å². The number of nitrogens with zero attached hydrogens (tertiary/aromatic N) is 3. The molecule has 0 aromatic carbocycles. The second kappa shape index (κ2) is 3.61. The normalized spacial score (nSPS) is 10.3. The molecule has 0 radical (unpaired) electrons. The average Bonchev–Trinajstić information content (AvgIpc) is 2.58. The third kappa shape index (κ3) is 2.07. The highest BCUT2D eigenvalue weighted by Crippen LogP contribution is 2.24. The summed E-state index contributed by atoms with van der Waals surface area (Å²) in [6, 6.07) is 3.61. The minimum atomic E-state index is 0.419. The molecule has 0 unspecified atom stereocenters. The van der Waals surface area contributed by atoms with Gasteiger partial charge in [-0.05, 0) is 19.1 Å². The van der Waals surface area contributed by atoms with Crippen LogP contribution in [0.25, 0.3) is 0 Å². The summed E-state index contributed by atoms with van der Waals surface area (Å²) in [6.45, 7) is 1.88. The van der Waals surface area contributed by atoms with Crippen molar-refractivity contribution in [3.63, 3.8) is 0 Å². The van der Waals surface area contributed by atoms with E-state index in [4.69, 9.17) is 10.5 Å². The van der Waals surface area contributed by atoms with Crippen molar-refractivity contribution in [1.29, 1.82) is 0 Å². The Labute approximate surface area is 87.5 Å². The quantitative estimate of drug-likeness (QED) is 0.805. The van der Waals surface area contributed by atoms with Crippen molar-refractivity contribution in [2.24, 2.45) is 7.05 Å². The van der Waals surface area contributed by atoms with Gasteiger partial charge in [0.1, 0.15) is 0 Å². The van der Waals surface area contributed by atoms with E-state index in [1.165, 1.54) is 0 Å². The number of anilines is 1. The van der Waals surface area contributed by atoms with Crippen LogP contribution in [0.5, 0.6) is 11.6 Å². The van der Waals surface area contributed by atoms with E-state index < -0.39 is 0 Å². The molecule has 0 fully saturated rings. The second-order valence-electron chi connectivity index (χ2n) is 3.30. The molecule has 78 valence electrons. The highest BCUT2D eigenvalue weighted by molar-refractivity contribution is 5.49. The summed E-state index contributed by atoms with van der Waals surface area (Å²) in [5.74, 6) is 1.05. The molecule has 0 bridgehead atoms. The van der Waals surface area contributed by atoms with Crippen LogP contribution in [0.1, 0.15) is 5.69 Å². The highest BCUT2D eigenvalue weighted by Gasteiger charge is 2.05. The molecular formula is C10H12N4O. The molecule has 2 rings (SSSR count). The lowest BCUT2D eigenvalue weighted by Crippen LogP contribution is -1.95. The number of nitrogen functional groups attached to an aromatic ring is 1. The molecule has 2 aromatic heterocycles. The molecule has 5 heteroatoms. The number of pyridine rings is 1. The maximum absolute atomic E-state index is 5.73. The lowest BCUT2D eigenvalue weighted by Gasteiger charge is -2.05. The highest BCUT2D eigenvalue weighted by atomic mass is 16.5. The zero-order valence-corrected chi connectivity index (χ0v) is 8.64. The Morgan fingerprint density at radius 1 is 1.40 bits per heavy atom. The largest absolute Gasteiger partial charge is 0.434 e. The molecule has 0 atom stereocenters. The monoisotopic (exact) mass is 204 g/mol. The first-order valence-electron chi connectivity index (χ1n) is 4.55. The lowest BCUT2D eigenvalue weighted by molar-refractivity contribution is 0.464. The van der Waals surface area contributed by atoms with Gasteiger partial charge in [-0.15, -0.1) is 0 Å². The summed E-state index contributed by atoms with van der Waals surface area (Å²) < 4.78 is 7.15. The first-order chi connectivity index (χ1) is 7.15. The molecule has 15 heavy (non-hydrogen) atoms. The van der Waals surface area contributed by atoms with Crippen LogP contribution in [0.3, 0.4) is 0 Å². The van der Waals surface area contributed by atoms with Crippen LogP contribution < -0.4 is 10.5 Å². The van der Waals surface area contributed by atoms with Crippen LogP contribution in [-0.4, -0.2) is 14.8 Å². The fraction of sp³-hybridized carbons (Fsp3) is 0.200. The molecule has 2 N–H and O–H groups in total. The van der Waals surface area contributed by atoms with E-state index in [0.717, 1.165) is 5.69 Å². The van der Waals surface area contributed by atoms with E-state index in [1.807, 2.05) is 20.0 Å². The summed E-state index contributed by atoms with van der Waals surface area (Å²) in [6.07, 6.45) is 3.37. The molecule has 0 spiro atoms. The third-order valence-electron chi connectivity index (χ3n) is 1.92. The number of hydrogen-bond acceptors (Lipinski definition) is 4.